The number of allylic oxidation sites excluding steroid dienone is 1. The zero-order valence-electron chi connectivity index (χ0n) is 14.8. The number of fused-ring (bicyclic) bond motifs is 1. The van der Waals surface area contributed by atoms with E-state index in [9.17, 15) is 0 Å². The number of ether oxygens (including phenoxy) is 1. The molecule has 2 aliphatic rings. The van der Waals surface area contributed by atoms with Gasteiger partial charge in [0.05, 0.1) is 13.6 Å². The summed E-state index contributed by atoms with van der Waals surface area (Å²) in [5.74, 6) is 2.93. The van der Waals surface area contributed by atoms with Crippen LogP contribution < -0.4 is 0 Å². The minimum absolute atomic E-state index is 0.112. The van der Waals surface area contributed by atoms with Crippen LogP contribution in [0, 0.1) is 17.8 Å². The molecule has 1 aliphatic carbocycles. The Bertz CT molecular complexity index is 400. The molecule has 22 heavy (non-hydrogen) atoms. The molecule has 2 radical (unpaired) electrons. The minimum atomic E-state index is -0.112. The molecule has 1 aliphatic heterocycles. The number of rotatable bonds is 2. The zero-order chi connectivity index (χ0) is 16.3. The van der Waals surface area contributed by atoms with Crippen LogP contribution in [0.4, 0.5) is 0 Å². The molecule has 0 aromatic heterocycles. The van der Waals surface area contributed by atoms with E-state index in [2.05, 4.69) is 50.3 Å². The lowest BCUT2D eigenvalue weighted by Crippen LogP contribution is -2.32. The summed E-state index contributed by atoms with van der Waals surface area (Å²) in [4.78, 5) is 0. The number of alkyl halides is 1. The average molecular weight is 414 g/mol. The Morgan fingerprint density at radius 2 is 1.68 bits per heavy atom. The van der Waals surface area contributed by atoms with Crippen molar-refractivity contribution in [2.45, 2.75) is 88.5 Å². The molecular weight excluding hydrogens is 382 g/mol. The fourth-order valence-electron chi connectivity index (χ4n) is 4.15. The highest BCUT2D eigenvalue weighted by Gasteiger charge is 2.41. The molecule has 1 nitrogen and oxygen atoms in total. The van der Waals surface area contributed by atoms with Crippen LogP contribution in [0.5, 0.6) is 0 Å². The molecule has 3 atom stereocenters. The Morgan fingerprint density at radius 3 is 2.32 bits per heavy atom. The van der Waals surface area contributed by atoms with E-state index in [1.54, 1.807) is 5.57 Å². The van der Waals surface area contributed by atoms with Gasteiger partial charge in [-0.15, -0.1) is 0 Å². The molecule has 0 spiro atoms. The van der Waals surface area contributed by atoms with Gasteiger partial charge >= 0.3 is 0 Å². The molecule has 1 fully saturated rings. The Morgan fingerprint density at radius 1 is 1.05 bits per heavy atom. The third kappa shape index (κ3) is 4.67. The van der Waals surface area contributed by atoms with Crippen molar-refractivity contribution in [2.24, 2.45) is 17.8 Å². The molecule has 0 saturated heterocycles. The summed E-state index contributed by atoms with van der Waals surface area (Å²) < 4.78 is 6.39. The highest BCUT2D eigenvalue weighted by atomic mass is 127. The Labute approximate surface area is 152 Å². The van der Waals surface area contributed by atoms with Gasteiger partial charge in [0.2, 0.25) is 0 Å². The van der Waals surface area contributed by atoms with Gasteiger partial charge in [-0.3, -0.25) is 0 Å². The number of halogens is 1. The molecular formula is C19H32BIO. The SMILES string of the molecule is [B]C1(I)CCCCCCCC2C(C(C)C)=C(C(C)C)OC2C1. The Kier molecular flexibility index (Phi) is 6.74. The Balaban J connectivity index is 2.25. The van der Waals surface area contributed by atoms with E-state index in [4.69, 9.17) is 12.6 Å². The summed E-state index contributed by atoms with van der Waals surface area (Å²) >= 11 is 2.48. The fraction of sp³-hybridized carbons (Fsp3) is 0.895. The average Bonchev–Trinajstić information content (AvgIpc) is 2.74. The first-order valence-corrected chi connectivity index (χ1v) is 10.3. The quantitative estimate of drug-likeness (QED) is 0.306. The lowest BCUT2D eigenvalue weighted by molar-refractivity contribution is 0.0841. The van der Waals surface area contributed by atoms with E-state index in [0.29, 0.717) is 23.9 Å². The minimum Gasteiger partial charge on any atom is -0.494 e. The monoisotopic (exact) mass is 414 g/mol. The predicted octanol–water partition coefficient (Wildman–Crippen LogP) is 6.00. The van der Waals surface area contributed by atoms with Crippen molar-refractivity contribution in [3.8, 4) is 0 Å². The third-order valence-electron chi connectivity index (χ3n) is 5.21. The Hall–Kier alpha value is 0.335. The van der Waals surface area contributed by atoms with Gasteiger partial charge in [0.1, 0.15) is 6.10 Å². The molecule has 1 heterocycles. The van der Waals surface area contributed by atoms with Crippen molar-refractivity contribution in [1.29, 1.82) is 0 Å². The van der Waals surface area contributed by atoms with Gasteiger partial charge < -0.3 is 4.74 Å². The summed E-state index contributed by atoms with van der Waals surface area (Å²) in [5, 5.41) is 0. The molecule has 0 aromatic rings. The van der Waals surface area contributed by atoms with Crippen molar-refractivity contribution in [2.75, 3.05) is 0 Å². The van der Waals surface area contributed by atoms with Crippen LogP contribution in [0.1, 0.15) is 79.1 Å². The molecule has 3 unspecified atom stereocenters. The summed E-state index contributed by atoms with van der Waals surface area (Å²) in [6, 6.07) is 0. The molecule has 1 saturated carbocycles. The maximum atomic E-state index is 6.61. The second-order valence-corrected chi connectivity index (χ2v) is 10.1. The van der Waals surface area contributed by atoms with Gasteiger partial charge in [0.25, 0.3) is 0 Å². The van der Waals surface area contributed by atoms with Crippen molar-refractivity contribution < 1.29 is 4.74 Å². The predicted molar refractivity (Wildman–Crippen MR) is 105 cm³/mol. The van der Waals surface area contributed by atoms with E-state index in [0.717, 1.165) is 12.8 Å². The summed E-state index contributed by atoms with van der Waals surface area (Å²) in [7, 11) is 6.61. The van der Waals surface area contributed by atoms with Crippen molar-refractivity contribution in [1.82, 2.24) is 0 Å². The molecule has 0 amide bonds. The van der Waals surface area contributed by atoms with Gasteiger partial charge in [-0.05, 0) is 34.1 Å². The van der Waals surface area contributed by atoms with Gasteiger partial charge in [0.15, 0.2) is 0 Å². The van der Waals surface area contributed by atoms with Crippen LogP contribution in [0.3, 0.4) is 0 Å². The molecule has 2 rings (SSSR count). The van der Waals surface area contributed by atoms with E-state index in [1.807, 2.05) is 0 Å². The van der Waals surface area contributed by atoms with Gasteiger partial charge in [-0.1, -0.05) is 82.4 Å². The van der Waals surface area contributed by atoms with Gasteiger partial charge in [0, 0.05) is 11.8 Å². The lowest BCUT2D eigenvalue weighted by atomic mass is 9.74. The zero-order valence-corrected chi connectivity index (χ0v) is 17.0. The van der Waals surface area contributed by atoms with Crippen molar-refractivity contribution in [3.63, 3.8) is 0 Å². The summed E-state index contributed by atoms with van der Waals surface area (Å²) in [6.07, 6.45) is 10.4. The van der Waals surface area contributed by atoms with Crippen LogP contribution >= 0.6 is 22.6 Å². The first-order chi connectivity index (χ1) is 10.3. The first kappa shape index (κ1) is 18.7. The molecule has 0 aromatic carbocycles. The van der Waals surface area contributed by atoms with E-state index in [1.165, 1.54) is 44.3 Å². The van der Waals surface area contributed by atoms with Gasteiger partial charge in [-0.25, -0.2) is 0 Å². The van der Waals surface area contributed by atoms with Crippen LogP contribution in [0.15, 0.2) is 11.3 Å². The van der Waals surface area contributed by atoms with Crippen molar-refractivity contribution in [3.05, 3.63) is 11.3 Å². The fourth-order valence-corrected chi connectivity index (χ4v) is 4.97. The maximum Gasteiger partial charge on any atom is 0.105 e. The first-order valence-electron chi connectivity index (χ1n) is 9.20. The number of hydrogen-bond acceptors (Lipinski definition) is 1. The highest BCUT2D eigenvalue weighted by molar-refractivity contribution is 14.1. The topological polar surface area (TPSA) is 9.23 Å². The van der Waals surface area contributed by atoms with E-state index in [-0.39, 0.29) is 3.32 Å². The second-order valence-electron chi connectivity index (χ2n) is 7.94. The number of hydrogen-bond donors (Lipinski definition) is 0. The molecule has 124 valence electrons. The molecule has 3 heteroatoms. The van der Waals surface area contributed by atoms with E-state index < -0.39 is 0 Å². The lowest BCUT2D eigenvalue weighted by Gasteiger charge is -2.30. The van der Waals surface area contributed by atoms with Crippen LogP contribution in [0.2, 0.25) is 0 Å². The third-order valence-corrected chi connectivity index (χ3v) is 6.19. The summed E-state index contributed by atoms with van der Waals surface area (Å²) in [5.41, 5.74) is 1.59. The van der Waals surface area contributed by atoms with Crippen LogP contribution in [0.25, 0.3) is 0 Å². The van der Waals surface area contributed by atoms with E-state index >= 15 is 0 Å². The van der Waals surface area contributed by atoms with Crippen LogP contribution in [-0.2, 0) is 4.74 Å². The summed E-state index contributed by atoms with van der Waals surface area (Å²) in [6.45, 7) is 9.18. The molecule has 0 bridgehead atoms. The molecule has 0 N–H and O–H groups in total. The highest BCUT2D eigenvalue weighted by Crippen LogP contribution is 2.45. The standard InChI is InChI=1S/C19H32BIO/c1-13(2)17-15-10-8-6-5-7-9-11-19(20,21)12-16(15)22-18(17)14(3)4/h13-16H,5-12H2,1-4H3. The normalized spacial score (nSPS) is 34.5. The largest absolute Gasteiger partial charge is 0.494 e. The second kappa shape index (κ2) is 7.94. The van der Waals surface area contributed by atoms with Crippen molar-refractivity contribution >= 4 is 30.4 Å². The van der Waals surface area contributed by atoms with Crippen LogP contribution in [-0.4, -0.2) is 17.3 Å². The van der Waals surface area contributed by atoms with Gasteiger partial charge in [-0.2, -0.15) is 0 Å². The maximum absolute atomic E-state index is 6.61. The smallest absolute Gasteiger partial charge is 0.105 e.